The summed E-state index contributed by atoms with van der Waals surface area (Å²) in [5.41, 5.74) is 0.777. The average molecular weight is 251 g/mol. The number of hydrogen-bond donors (Lipinski definition) is 1. The first-order chi connectivity index (χ1) is 8.10. The Hall–Kier alpha value is -1.99. The molecule has 0 spiro atoms. The monoisotopic (exact) mass is 250 g/mol. The molecule has 0 atom stereocenters. The van der Waals surface area contributed by atoms with Crippen LogP contribution in [0.4, 0.5) is 5.69 Å². The lowest BCUT2D eigenvalue weighted by atomic mass is 10.1. The summed E-state index contributed by atoms with van der Waals surface area (Å²) in [4.78, 5) is 12.3. The molecule has 1 aromatic carbocycles. The Labute approximate surface area is 104 Å². The predicted octanol–water partition coefficient (Wildman–Crippen LogP) is 2.29. The SMILES string of the molecule is C=CCN(CC(=O)O)c1cccc(Cl)c1C#N. The average Bonchev–Trinajstić information content (AvgIpc) is 2.27. The van der Waals surface area contributed by atoms with Crippen molar-refractivity contribution in [2.75, 3.05) is 18.0 Å². The van der Waals surface area contributed by atoms with E-state index in [4.69, 9.17) is 22.0 Å². The second kappa shape index (κ2) is 5.92. The van der Waals surface area contributed by atoms with Gasteiger partial charge in [-0.15, -0.1) is 6.58 Å². The third-order valence-electron chi connectivity index (χ3n) is 2.12. The number of nitrogens with zero attached hydrogens (tertiary/aromatic N) is 2. The largest absolute Gasteiger partial charge is 0.480 e. The molecule has 0 saturated heterocycles. The topological polar surface area (TPSA) is 64.3 Å². The van der Waals surface area contributed by atoms with E-state index in [2.05, 4.69) is 6.58 Å². The van der Waals surface area contributed by atoms with Crippen LogP contribution in [0.1, 0.15) is 5.56 Å². The van der Waals surface area contributed by atoms with Crippen LogP contribution in [0.2, 0.25) is 5.02 Å². The first-order valence-electron chi connectivity index (χ1n) is 4.86. The molecule has 0 aromatic heterocycles. The van der Waals surface area contributed by atoms with Gasteiger partial charge in [-0.3, -0.25) is 4.79 Å². The minimum atomic E-state index is -0.976. The van der Waals surface area contributed by atoms with Crippen molar-refractivity contribution in [3.8, 4) is 6.07 Å². The Morgan fingerprint density at radius 2 is 2.35 bits per heavy atom. The molecular weight excluding hydrogens is 240 g/mol. The van der Waals surface area contributed by atoms with E-state index in [0.29, 0.717) is 17.3 Å². The second-order valence-electron chi connectivity index (χ2n) is 3.31. The molecule has 0 bridgehead atoms. The van der Waals surface area contributed by atoms with E-state index in [-0.39, 0.29) is 12.1 Å². The Kier molecular flexibility index (Phi) is 4.56. The molecule has 4 nitrogen and oxygen atoms in total. The van der Waals surface area contributed by atoms with Crippen LogP contribution in [0.15, 0.2) is 30.9 Å². The highest BCUT2D eigenvalue weighted by molar-refractivity contribution is 6.32. The molecule has 0 amide bonds. The molecular formula is C12H11ClN2O2. The maximum Gasteiger partial charge on any atom is 0.323 e. The van der Waals surface area contributed by atoms with Gasteiger partial charge in [-0.2, -0.15) is 5.26 Å². The van der Waals surface area contributed by atoms with Gasteiger partial charge >= 0.3 is 5.97 Å². The van der Waals surface area contributed by atoms with Gasteiger partial charge in [0.15, 0.2) is 0 Å². The quantitative estimate of drug-likeness (QED) is 0.815. The Morgan fingerprint density at radius 1 is 1.65 bits per heavy atom. The number of benzene rings is 1. The van der Waals surface area contributed by atoms with Gasteiger partial charge in [-0.25, -0.2) is 0 Å². The van der Waals surface area contributed by atoms with Crippen molar-refractivity contribution in [1.82, 2.24) is 0 Å². The summed E-state index contributed by atoms with van der Waals surface area (Å²) in [5, 5.41) is 18.1. The standard InChI is InChI=1S/C12H11ClN2O2/c1-2-6-15(8-12(16)17)11-5-3-4-10(13)9(11)7-14/h2-5H,1,6,8H2,(H,16,17). The summed E-state index contributed by atoms with van der Waals surface area (Å²) in [6, 6.07) is 6.91. The van der Waals surface area contributed by atoms with Crippen LogP contribution >= 0.6 is 11.6 Å². The van der Waals surface area contributed by atoms with E-state index in [1.807, 2.05) is 6.07 Å². The van der Waals surface area contributed by atoms with Crippen LogP contribution < -0.4 is 4.90 Å². The van der Waals surface area contributed by atoms with E-state index in [9.17, 15) is 4.79 Å². The molecule has 1 rings (SSSR count). The molecule has 17 heavy (non-hydrogen) atoms. The van der Waals surface area contributed by atoms with Gasteiger partial charge in [-0.05, 0) is 12.1 Å². The minimum absolute atomic E-state index is 0.207. The molecule has 1 N–H and O–H groups in total. The number of aliphatic carboxylic acids is 1. The molecule has 0 fully saturated rings. The fourth-order valence-electron chi connectivity index (χ4n) is 1.45. The van der Waals surface area contributed by atoms with Gasteiger partial charge in [0.1, 0.15) is 12.6 Å². The highest BCUT2D eigenvalue weighted by Crippen LogP contribution is 2.26. The molecule has 0 heterocycles. The van der Waals surface area contributed by atoms with Gasteiger partial charge in [0, 0.05) is 6.54 Å². The van der Waals surface area contributed by atoms with Crippen LogP contribution in [-0.4, -0.2) is 24.2 Å². The van der Waals surface area contributed by atoms with Crippen LogP contribution in [-0.2, 0) is 4.79 Å². The Bertz CT molecular complexity index is 480. The van der Waals surface area contributed by atoms with E-state index >= 15 is 0 Å². The maximum atomic E-state index is 10.8. The number of nitriles is 1. The lowest BCUT2D eigenvalue weighted by molar-refractivity contribution is -0.135. The first-order valence-corrected chi connectivity index (χ1v) is 5.24. The maximum absolute atomic E-state index is 10.8. The van der Waals surface area contributed by atoms with Gasteiger partial charge in [0.25, 0.3) is 0 Å². The highest BCUT2D eigenvalue weighted by atomic mass is 35.5. The minimum Gasteiger partial charge on any atom is -0.480 e. The summed E-state index contributed by atoms with van der Waals surface area (Å²) in [7, 11) is 0. The van der Waals surface area contributed by atoms with Crippen LogP contribution in [0.5, 0.6) is 0 Å². The van der Waals surface area contributed by atoms with E-state index in [1.54, 1.807) is 24.3 Å². The molecule has 0 aliphatic carbocycles. The Morgan fingerprint density at radius 3 is 2.88 bits per heavy atom. The van der Waals surface area contributed by atoms with Gasteiger partial charge < -0.3 is 10.0 Å². The van der Waals surface area contributed by atoms with Crippen molar-refractivity contribution in [3.63, 3.8) is 0 Å². The molecule has 5 heteroatoms. The van der Waals surface area contributed by atoms with Crippen molar-refractivity contribution in [1.29, 1.82) is 5.26 Å². The summed E-state index contributed by atoms with van der Waals surface area (Å²) >= 11 is 5.89. The molecule has 0 unspecified atom stereocenters. The normalized spacial score (nSPS) is 9.41. The molecule has 0 radical (unpaired) electrons. The highest BCUT2D eigenvalue weighted by Gasteiger charge is 2.15. The third-order valence-corrected chi connectivity index (χ3v) is 2.43. The fourth-order valence-corrected chi connectivity index (χ4v) is 1.67. The predicted molar refractivity (Wildman–Crippen MR) is 66.2 cm³/mol. The fraction of sp³-hybridized carbons (Fsp3) is 0.167. The van der Waals surface area contributed by atoms with Crippen LogP contribution in [0, 0.1) is 11.3 Å². The molecule has 0 aliphatic rings. The molecule has 1 aromatic rings. The van der Waals surface area contributed by atoms with E-state index in [0.717, 1.165) is 0 Å². The first kappa shape index (κ1) is 13.1. The number of anilines is 1. The number of carboxylic acids is 1. The van der Waals surface area contributed by atoms with E-state index in [1.165, 1.54) is 4.90 Å². The lowest BCUT2D eigenvalue weighted by Gasteiger charge is -2.22. The summed E-state index contributed by atoms with van der Waals surface area (Å²) in [6.07, 6.45) is 1.57. The number of carbonyl (C=O) groups is 1. The van der Waals surface area contributed by atoms with Crippen molar-refractivity contribution in [2.45, 2.75) is 0 Å². The van der Waals surface area contributed by atoms with E-state index < -0.39 is 5.97 Å². The molecule has 0 saturated carbocycles. The lowest BCUT2D eigenvalue weighted by Crippen LogP contribution is -2.30. The number of hydrogen-bond acceptors (Lipinski definition) is 3. The Balaban J connectivity index is 3.18. The number of halogens is 1. The summed E-state index contributed by atoms with van der Waals surface area (Å²) < 4.78 is 0. The van der Waals surface area contributed by atoms with Crippen molar-refractivity contribution < 1.29 is 9.90 Å². The summed E-state index contributed by atoms with van der Waals surface area (Å²) in [6.45, 7) is 3.69. The van der Waals surface area contributed by atoms with Crippen LogP contribution in [0.3, 0.4) is 0 Å². The van der Waals surface area contributed by atoms with Crippen molar-refractivity contribution >= 4 is 23.3 Å². The van der Waals surface area contributed by atoms with Gasteiger partial charge in [0.2, 0.25) is 0 Å². The molecule has 0 aliphatic heterocycles. The molecule has 88 valence electrons. The smallest absolute Gasteiger partial charge is 0.323 e. The summed E-state index contributed by atoms with van der Waals surface area (Å²) in [5.74, 6) is -0.976. The third kappa shape index (κ3) is 3.23. The number of carboxylic acid groups (broad SMARTS) is 1. The van der Waals surface area contributed by atoms with Gasteiger partial charge in [-0.1, -0.05) is 23.7 Å². The second-order valence-corrected chi connectivity index (χ2v) is 3.72. The number of rotatable bonds is 5. The zero-order valence-corrected chi connectivity index (χ0v) is 9.81. The van der Waals surface area contributed by atoms with Crippen LogP contribution in [0.25, 0.3) is 0 Å². The van der Waals surface area contributed by atoms with Crippen molar-refractivity contribution in [3.05, 3.63) is 41.4 Å². The van der Waals surface area contributed by atoms with Crippen molar-refractivity contribution in [2.24, 2.45) is 0 Å². The zero-order valence-electron chi connectivity index (χ0n) is 9.06. The van der Waals surface area contributed by atoms with Gasteiger partial charge in [0.05, 0.1) is 16.3 Å². The zero-order chi connectivity index (χ0) is 12.8.